The van der Waals surface area contributed by atoms with Gasteiger partial charge in [-0.1, -0.05) is 12.1 Å². The zero-order valence-corrected chi connectivity index (χ0v) is 13.7. The molecule has 0 unspecified atom stereocenters. The molecule has 0 aliphatic carbocycles. The highest BCUT2D eigenvalue weighted by Gasteiger charge is 2.40. The molecule has 23 heavy (non-hydrogen) atoms. The maximum atomic E-state index is 12.6. The lowest BCUT2D eigenvalue weighted by molar-refractivity contribution is -0.143. The fraction of sp³-hybridized carbons (Fsp3) is 0.500. The maximum Gasteiger partial charge on any atom is 0.239 e. The SMILES string of the molecule is Cc1nc2ccccc2nc1CN1C[C@H]2CCCN2C(=O)[C@H]1C. The topological polar surface area (TPSA) is 49.3 Å². The first-order valence-electron chi connectivity index (χ1n) is 8.40. The van der Waals surface area contributed by atoms with Crippen molar-refractivity contribution in [1.82, 2.24) is 19.8 Å². The molecule has 2 fully saturated rings. The summed E-state index contributed by atoms with van der Waals surface area (Å²) in [6.45, 7) is 6.59. The van der Waals surface area contributed by atoms with Crippen LogP contribution in [0.3, 0.4) is 0 Å². The van der Waals surface area contributed by atoms with Crippen molar-refractivity contribution in [3.05, 3.63) is 35.7 Å². The first-order valence-corrected chi connectivity index (χ1v) is 8.40. The van der Waals surface area contributed by atoms with Crippen LogP contribution >= 0.6 is 0 Å². The van der Waals surface area contributed by atoms with Gasteiger partial charge >= 0.3 is 0 Å². The average molecular weight is 310 g/mol. The Hall–Kier alpha value is -2.01. The minimum atomic E-state index is -0.0722. The molecule has 1 aromatic heterocycles. The van der Waals surface area contributed by atoms with Crippen molar-refractivity contribution < 1.29 is 4.79 Å². The average Bonchev–Trinajstić information content (AvgIpc) is 3.01. The van der Waals surface area contributed by atoms with Gasteiger partial charge in [-0.3, -0.25) is 9.69 Å². The molecule has 0 saturated carbocycles. The summed E-state index contributed by atoms with van der Waals surface area (Å²) in [5, 5.41) is 0. The molecule has 0 bridgehead atoms. The number of piperazine rings is 1. The zero-order valence-electron chi connectivity index (χ0n) is 13.7. The molecule has 2 saturated heterocycles. The number of hydrogen-bond acceptors (Lipinski definition) is 4. The monoisotopic (exact) mass is 310 g/mol. The van der Waals surface area contributed by atoms with E-state index in [0.717, 1.165) is 48.4 Å². The van der Waals surface area contributed by atoms with Gasteiger partial charge in [-0.15, -0.1) is 0 Å². The van der Waals surface area contributed by atoms with Gasteiger partial charge in [0.15, 0.2) is 0 Å². The largest absolute Gasteiger partial charge is 0.337 e. The molecule has 0 spiro atoms. The van der Waals surface area contributed by atoms with E-state index >= 15 is 0 Å². The zero-order chi connectivity index (χ0) is 16.0. The van der Waals surface area contributed by atoms with E-state index in [1.807, 2.05) is 38.1 Å². The lowest BCUT2D eigenvalue weighted by atomic mass is 10.1. The van der Waals surface area contributed by atoms with Gasteiger partial charge < -0.3 is 4.90 Å². The van der Waals surface area contributed by atoms with Crippen LogP contribution in [0.5, 0.6) is 0 Å². The van der Waals surface area contributed by atoms with Gasteiger partial charge in [-0.25, -0.2) is 9.97 Å². The number of fused-ring (bicyclic) bond motifs is 2. The summed E-state index contributed by atoms with van der Waals surface area (Å²) in [5.41, 5.74) is 3.79. The molecule has 1 amide bonds. The van der Waals surface area contributed by atoms with Gasteiger partial charge in [0.25, 0.3) is 0 Å². The third-order valence-electron chi connectivity index (χ3n) is 5.21. The third kappa shape index (κ3) is 2.49. The van der Waals surface area contributed by atoms with E-state index in [-0.39, 0.29) is 11.9 Å². The molecule has 0 radical (unpaired) electrons. The van der Waals surface area contributed by atoms with Gasteiger partial charge in [-0.2, -0.15) is 0 Å². The van der Waals surface area contributed by atoms with Crippen LogP contribution in [0.25, 0.3) is 11.0 Å². The Bertz CT molecular complexity index is 760. The number of carbonyl (C=O) groups excluding carboxylic acids is 1. The number of aryl methyl sites for hydroxylation is 1. The van der Waals surface area contributed by atoms with Crippen molar-refractivity contribution in [2.45, 2.75) is 45.3 Å². The van der Waals surface area contributed by atoms with Crippen LogP contribution in [-0.4, -0.2) is 50.8 Å². The molecule has 2 aromatic rings. The Morgan fingerprint density at radius 2 is 1.96 bits per heavy atom. The number of benzene rings is 1. The summed E-state index contributed by atoms with van der Waals surface area (Å²) >= 11 is 0. The van der Waals surface area contributed by atoms with E-state index < -0.39 is 0 Å². The maximum absolute atomic E-state index is 12.6. The first kappa shape index (κ1) is 14.6. The van der Waals surface area contributed by atoms with Crippen molar-refractivity contribution >= 4 is 16.9 Å². The van der Waals surface area contributed by atoms with E-state index in [4.69, 9.17) is 4.98 Å². The van der Waals surface area contributed by atoms with Crippen LogP contribution < -0.4 is 0 Å². The van der Waals surface area contributed by atoms with E-state index in [9.17, 15) is 4.79 Å². The van der Waals surface area contributed by atoms with E-state index in [0.29, 0.717) is 12.6 Å². The Kier molecular flexibility index (Phi) is 3.53. The third-order valence-corrected chi connectivity index (χ3v) is 5.21. The van der Waals surface area contributed by atoms with Crippen LogP contribution in [0.1, 0.15) is 31.2 Å². The predicted octanol–water partition coefficient (Wildman–Crippen LogP) is 2.13. The van der Waals surface area contributed by atoms with Crippen LogP contribution in [0.2, 0.25) is 0 Å². The summed E-state index contributed by atoms with van der Waals surface area (Å²) in [6.07, 6.45) is 2.25. The second-order valence-corrected chi connectivity index (χ2v) is 6.68. The number of aromatic nitrogens is 2. The minimum absolute atomic E-state index is 0.0722. The number of amides is 1. The second kappa shape index (κ2) is 5.57. The molecule has 0 N–H and O–H groups in total. The van der Waals surface area contributed by atoms with Gasteiger partial charge in [0.05, 0.1) is 28.5 Å². The molecule has 120 valence electrons. The Morgan fingerprint density at radius 1 is 1.22 bits per heavy atom. The van der Waals surface area contributed by atoms with Crippen LogP contribution in [0.4, 0.5) is 0 Å². The standard InChI is InChI=1S/C18H22N4O/c1-12-17(20-16-8-4-3-7-15(16)19-12)11-21-10-14-6-5-9-22(14)18(23)13(21)2/h3-4,7-8,13-14H,5-6,9-11H2,1-2H3/t13-,14-/m1/s1. The Labute approximate surface area is 136 Å². The second-order valence-electron chi connectivity index (χ2n) is 6.68. The number of para-hydroxylation sites is 2. The Balaban J connectivity index is 1.62. The summed E-state index contributed by atoms with van der Waals surface area (Å²) in [5.74, 6) is 0.269. The lowest BCUT2D eigenvalue weighted by Gasteiger charge is -2.41. The number of rotatable bonds is 2. The summed E-state index contributed by atoms with van der Waals surface area (Å²) in [7, 11) is 0. The van der Waals surface area contributed by atoms with E-state index in [2.05, 4.69) is 14.8 Å². The summed E-state index contributed by atoms with van der Waals surface area (Å²) in [6, 6.07) is 8.26. The Morgan fingerprint density at radius 3 is 2.74 bits per heavy atom. The normalized spacial score (nSPS) is 25.1. The summed E-state index contributed by atoms with van der Waals surface area (Å²) in [4.78, 5) is 26.3. The fourth-order valence-corrected chi connectivity index (χ4v) is 3.81. The molecule has 2 aliphatic rings. The van der Waals surface area contributed by atoms with E-state index in [1.54, 1.807) is 0 Å². The van der Waals surface area contributed by atoms with Gasteiger partial charge in [0, 0.05) is 25.7 Å². The van der Waals surface area contributed by atoms with Gasteiger partial charge in [-0.05, 0) is 38.8 Å². The molecule has 3 heterocycles. The van der Waals surface area contributed by atoms with Crippen molar-refractivity contribution in [3.63, 3.8) is 0 Å². The van der Waals surface area contributed by atoms with E-state index in [1.165, 1.54) is 0 Å². The van der Waals surface area contributed by atoms with Crippen LogP contribution in [-0.2, 0) is 11.3 Å². The van der Waals surface area contributed by atoms with Crippen molar-refractivity contribution in [2.24, 2.45) is 0 Å². The highest BCUT2D eigenvalue weighted by molar-refractivity contribution is 5.83. The number of nitrogens with zero attached hydrogens (tertiary/aromatic N) is 4. The molecule has 5 heteroatoms. The highest BCUT2D eigenvalue weighted by Crippen LogP contribution is 2.27. The number of carbonyl (C=O) groups is 1. The highest BCUT2D eigenvalue weighted by atomic mass is 16.2. The lowest BCUT2D eigenvalue weighted by Crippen LogP contribution is -2.58. The smallest absolute Gasteiger partial charge is 0.239 e. The minimum Gasteiger partial charge on any atom is -0.337 e. The molecule has 4 rings (SSSR count). The van der Waals surface area contributed by atoms with Gasteiger partial charge in [0.2, 0.25) is 5.91 Å². The molecular weight excluding hydrogens is 288 g/mol. The fourth-order valence-electron chi connectivity index (χ4n) is 3.81. The molecular formula is C18H22N4O. The van der Waals surface area contributed by atoms with Crippen molar-refractivity contribution in [2.75, 3.05) is 13.1 Å². The quantitative estimate of drug-likeness (QED) is 0.852. The number of hydrogen-bond donors (Lipinski definition) is 0. The van der Waals surface area contributed by atoms with Crippen LogP contribution in [0, 0.1) is 6.92 Å². The predicted molar refractivity (Wildman–Crippen MR) is 88.9 cm³/mol. The van der Waals surface area contributed by atoms with Crippen molar-refractivity contribution in [1.29, 1.82) is 0 Å². The molecule has 2 atom stereocenters. The van der Waals surface area contributed by atoms with Crippen molar-refractivity contribution in [3.8, 4) is 0 Å². The first-order chi connectivity index (χ1) is 11.1. The molecule has 5 nitrogen and oxygen atoms in total. The van der Waals surface area contributed by atoms with Crippen LogP contribution in [0.15, 0.2) is 24.3 Å². The summed E-state index contributed by atoms with van der Waals surface area (Å²) < 4.78 is 0. The van der Waals surface area contributed by atoms with Gasteiger partial charge in [0.1, 0.15) is 0 Å². The molecule has 2 aliphatic heterocycles. The molecule has 1 aromatic carbocycles.